The number of halogens is 2. The van der Waals surface area contributed by atoms with E-state index in [9.17, 15) is 9.59 Å². The molecule has 1 heterocycles. The van der Waals surface area contributed by atoms with Crippen LogP contribution in [-0.2, 0) is 15.1 Å². The van der Waals surface area contributed by atoms with E-state index < -0.39 is 11.4 Å². The highest BCUT2D eigenvalue weighted by Gasteiger charge is 2.35. The smallest absolute Gasteiger partial charge is 0.247 e. The zero-order valence-electron chi connectivity index (χ0n) is 13.1. The summed E-state index contributed by atoms with van der Waals surface area (Å²) in [5.41, 5.74) is 4.85. The van der Waals surface area contributed by atoms with Crippen molar-refractivity contribution in [1.82, 2.24) is 10.6 Å². The van der Waals surface area contributed by atoms with Crippen LogP contribution in [0.4, 0.5) is 0 Å². The molecule has 23 heavy (non-hydrogen) atoms. The largest absolute Gasteiger partial charge is 0.367 e. The number of nitrogens with one attached hydrogen (secondary N) is 2. The molecule has 0 aromatic heterocycles. The normalized spacial score (nSPS) is 19.5. The maximum Gasteiger partial charge on any atom is 0.247 e. The van der Waals surface area contributed by atoms with Gasteiger partial charge in [0.25, 0.3) is 0 Å². The van der Waals surface area contributed by atoms with Gasteiger partial charge in [-0.15, -0.1) is 12.4 Å². The van der Waals surface area contributed by atoms with E-state index >= 15 is 0 Å². The Hall–Kier alpha value is -1.30. The number of amides is 2. The highest BCUT2D eigenvalue weighted by molar-refractivity contribution is 6.30. The summed E-state index contributed by atoms with van der Waals surface area (Å²) >= 11 is 5.97. The molecule has 0 bridgehead atoms. The zero-order valence-corrected chi connectivity index (χ0v) is 14.7. The number of carbonyl (C=O) groups is 2. The molecule has 0 aliphatic carbocycles. The third-order valence-corrected chi connectivity index (χ3v) is 4.46. The molecular formula is C16H23Cl2N3O2. The van der Waals surface area contributed by atoms with Crippen LogP contribution in [0.25, 0.3) is 0 Å². The van der Waals surface area contributed by atoms with Gasteiger partial charge >= 0.3 is 0 Å². The molecule has 1 aromatic carbocycles. The summed E-state index contributed by atoms with van der Waals surface area (Å²) in [5, 5.41) is 6.54. The molecule has 1 aliphatic rings. The first-order chi connectivity index (χ1) is 10.4. The van der Waals surface area contributed by atoms with Gasteiger partial charge in [0.2, 0.25) is 11.8 Å². The van der Waals surface area contributed by atoms with Crippen LogP contribution in [0.1, 0.15) is 31.7 Å². The van der Waals surface area contributed by atoms with Crippen molar-refractivity contribution in [3.8, 4) is 0 Å². The minimum absolute atomic E-state index is 0. The van der Waals surface area contributed by atoms with Crippen molar-refractivity contribution in [2.75, 3.05) is 13.1 Å². The van der Waals surface area contributed by atoms with Gasteiger partial charge in [0.15, 0.2) is 0 Å². The van der Waals surface area contributed by atoms with Crippen LogP contribution in [0.3, 0.4) is 0 Å². The van der Waals surface area contributed by atoms with Crippen molar-refractivity contribution < 1.29 is 9.59 Å². The topological polar surface area (TPSA) is 84.2 Å². The van der Waals surface area contributed by atoms with Crippen LogP contribution in [-0.4, -0.2) is 24.9 Å². The highest BCUT2D eigenvalue weighted by Crippen LogP contribution is 2.24. The Kier molecular flexibility index (Phi) is 7.32. The molecule has 2 unspecified atom stereocenters. The minimum Gasteiger partial charge on any atom is -0.367 e. The number of primary amides is 1. The number of carbonyl (C=O) groups excluding carboxylic acids is 2. The van der Waals surface area contributed by atoms with Gasteiger partial charge in [-0.25, -0.2) is 0 Å². The summed E-state index contributed by atoms with van der Waals surface area (Å²) in [7, 11) is 0. The molecule has 1 aliphatic heterocycles. The van der Waals surface area contributed by atoms with Crippen LogP contribution in [0.2, 0.25) is 5.02 Å². The molecule has 128 valence electrons. The Morgan fingerprint density at radius 2 is 2.22 bits per heavy atom. The lowest BCUT2D eigenvalue weighted by Gasteiger charge is -2.28. The fourth-order valence-corrected chi connectivity index (χ4v) is 2.90. The van der Waals surface area contributed by atoms with Gasteiger partial charge in [-0.05, 0) is 56.5 Å². The standard InChI is InChI=1S/C16H22ClN3O2.ClH/c1-16(15(18)22,12-3-2-4-13(17)9-12)20-14(21)6-5-11-7-8-19-10-11;/h2-4,9,11,19H,5-8,10H2,1H3,(H2,18,22)(H,20,21);1H. The summed E-state index contributed by atoms with van der Waals surface area (Å²) in [6, 6.07) is 6.82. The molecule has 2 rings (SSSR count). The van der Waals surface area contributed by atoms with Crippen LogP contribution >= 0.6 is 24.0 Å². The molecule has 2 atom stereocenters. The second-order valence-corrected chi connectivity index (χ2v) is 6.38. The van der Waals surface area contributed by atoms with Crippen LogP contribution in [0, 0.1) is 5.92 Å². The van der Waals surface area contributed by atoms with E-state index in [0.29, 0.717) is 22.9 Å². The van der Waals surface area contributed by atoms with Crippen LogP contribution < -0.4 is 16.4 Å². The van der Waals surface area contributed by atoms with Crippen molar-refractivity contribution in [2.24, 2.45) is 11.7 Å². The van der Waals surface area contributed by atoms with Crippen molar-refractivity contribution >= 4 is 35.8 Å². The molecule has 5 nitrogen and oxygen atoms in total. The summed E-state index contributed by atoms with van der Waals surface area (Å²) in [6.07, 6.45) is 2.29. The fraction of sp³-hybridized carbons (Fsp3) is 0.500. The summed E-state index contributed by atoms with van der Waals surface area (Å²) in [5.74, 6) is -0.254. The lowest BCUT2D eigenvalue weighted by Crippen LogP contribution is -2.52. The van der Waals surface area contributed by atoms with E-state index in [4.69, 9.17) is 17.3 Å². The second kappa shape index (κ2) is 8.52. The van der Waals surface area contributed by atoms with Gasteiger partial charge in [0.05, 0.1) is 0 Å². The molecule has 4 N–H and O–H groups in total. The molecule has 0 saturated carbocycles. The van der Waals surface area contributed by atoms with Gasteiger partial charge in [-0.2, -0.15) is 0 Å². The van der Waals surface area contributed by atoms with Crippen molar-refractivity contribution in [2.45, 2.75) is 31.7 Å². The summed E-state index contributed by atoms with van der Waals surface area (Å²) in [4.78, 5) is 24.1. The van der Waals surface area contributed by atoms with E-state index in [1.54, 1.807) is 31.2 Å². The van der Waals surface area contributed by atoms with Crippen LogP contribution in [0.15, 0.2) is 24.3 Å². The molecule has 0 radical (unpaired) electrons. The minimum atomic E-state index is -1.25. The van der Waals surface area contributed by atoms with E-state index in [1.807, 2.05) is 0 Å². The molecule has 1 aromatic rings. The first-order valence-electron chi connectivity index (χ1n) is 7.49. The lowest BCUT2D eigenvalue weighted by atomic mass is 9.90. The Balaban J connectivity index is 0.00000264. The van der Waals surface area contributed by atoms with Gasteiger partial charge in [0.1, 0.15) is 5.54 Å². The summed E-state index contributed by atoms with van der Waals surface area (Å²) in [6.45, 7) is 3.57. The SMILES string of the molecule is CC(NC(=O)CCC1CCNC1)(C(N)=O)c1cccc(Cl)c1.Cl. The van der Waals surface area contributed by atoms with E-state index in [0.717, 1.165) is 25.9 Å². The molecule has 2 amide bonds. The Morgan fingerprint density at radius 1 is 1.48 bits per heavy atom. The molecule has 7 heteroatoms. The van der Waals surface area contributed by atoms with Gasteiger partial charge in [0, 0.05) is 11.4 Å². The molecule has 1 saturated heterocycles. The van der Waals surface area contributed by atoms with Crippen molar-refractivity contribution in [1.29, 1.82) is 0 Å². The quantitative estimate of drug-likeness (QED) is 0.725. The van der Waals surface area contributed by atoms with E-state index in [1.165, 1.54) is 0 Å². The number of nitrogens with two attached hydrogens (primary N) is 1. The maximum absolute atomic E-state index is 12.2. The molecular weight excluding hydrogens is 337 g/mol. The first-order valence-corrected chi connectivity index (χ1v) is 7.87. The Morgan fingerprint density at radius 3 is 2.78 bits per heavy atom. The van der Waals surface area contributed by atoms with Gasteiger partial charge in [-0.1, -0.05) is 23.7 Å². The third kappa shape index (κ3) is 5.09. The van der Waals surface area contributed by atoms with Crippen molar-refractivity contribution in [3.63, 3.8) is 0 Å². The summed E-state index contributed by atoms with van der Waals surface area (Å²) < 4.78 is 0. The number of hydrogen-bond acceptors (Lipinski definition) is 3. The predicted octanol–water partition coefficient (Wildman–Crippen LogP) is 1.97. The fourth-order valence-electron chi connectivity index (χ4n) is 2.71. The second-order valence-electron chi connectivity index (χ2n) is 5.95. The van der Waals surface area contributed by atoms with Gasteiger partial charge < -0.3 is 16.4 Å². The predicted molar refractivity (Wildman–Crippen MR) is 93.6 cm³/mol. The number of benzene rings is 1. The van der Waals surface area contributed by atoms with Gasteiger partial charge in [-0.3, -0.25) is 9.59 Å². The zero-order chi connectivity index (χ0) is 16.2. The lowest BCUT2D eigenvalue weighted by molar-refractivity contribution is -0.131. The van der Waals surface area contributed by atoms with E-state index in [2.05, 4.69) is 10.6 Å². The highest BCUT2D eigenvalue weighted by atomic mass is 35.5. The Bertz CT molecular complexity index is 562. The van der Waals surface area contributed by atoms with Crippen LogP contribution in [0.5, 0.6) is 0 Å². The average Bonchev–Trinajstić information content (AvgIpc) is 2.98. The molecule has 0 spiro atoms. The van der Waals surface area contributed by atoms with E-state index in [-0.39, 0.29) is 18.3 Å². The monoisotopic (exact) mass is 359 g/mol. The van der Waals surface area contributed by atoms with Crippen molar-refractivity contribution in [3.05, 3.63) is 34.9 Å². The number of rotatable bonds is 6. The first kappa shape index (κ1) is 19.7. The number of hydrogen-bond donors (Lipinski definition) is 3. The maximum atomic E-state index is 12.2. The third-order valence-electron chi connectivity index (χ3n) is 4.23. The average molecular weight is 360 g/mol. The Labute approximate surface area is 147 Å². The molecule has 1 fully saturated rings.